The van der Waals surface area contributed by atoms with Crippen molar-refractivity contribution in [3.8, 4) is 5.75 Å². The third kappa shape index (κ3) is 2.88. The molecule has 4 rings (SSSR count). The van der Waals surface area contributed by atoms with Crippen molar-refractivity contribution in [2.24, 2.45) is 0 Å². The molecule has 1 N–H and O–H groups in total. The van der Waals surface area contributed by atoms with E-state index >= 15 is 0 Å². The maximum atomic E-state index is 12.8. The minimum atomic E-state index is -0.327. The minimum Gasteiger partial charge on any atom is -0.508 e. The van der Waals surface area contributed by atoms with Gasteiger partial charge in [0, 0.05) is 37.1 Å². The quantitative estimate of drug-likeness (QED) is 0.861. The van der Waals surface area contributed by atoms with Crippen LogP contribution in [-0.4, -0.2) is 66.1 Å². The van der Waals surface area contributed by atoms with E-state index in [0.29, 0.717) is 28.4 Å². The number of imide groups is 1. The topological polar surface area (TPSA) is 70.1 Å². The van der Waals surface area contributed by atoms with Crippen LogP contribution in [0, 0.1) is 0 Å². The summed E-state index contributed by atoms with van der Waals surface area (Å²) in [7, 11) is 0. The van der Waals surface area contributed by atoms with Crippen LogP contribution < -0.4 is 0 Å². The lowest BCUT2D eigenvalue weighted by atomic mass is 9.93. The average Bonchev–Trinajstić information content (AvgIpc) is 2.63. The van der Waals surface area contributed by atoms with Crippen molar-refractivity contribution in [3.63, 3.8) is 0 Å². The molecule has 2 aliphatic heterocycles. The van der Waals surface area contributed by atoms with E-state index in [2.05, 4.69) is 4.90 Å². The number of aromatic hydroxyl groups is 1. The highest BCUT2D eigenvalue weighted by Crippen LogP contribution is 2.33. The van der Waals surface area contributed by atoms with Gasteiger partial charge in [-0.05, 0) is 30.0 Å². The molecule has 0 saturated carbocycles. The van der Waals surface area contributed by atoms with Crippen LogP contribution in [0.1, 0.15) is 27.1 Å². The van der Waals surface area contributed by atoms with E-state index in [-0.39, 0.29) is 17.6 Å². The molecular formula is C19H20N2O4. The average molecular weight is 340 g/mol. The van der Waals surface area contributed by atoms with E-state index in [1.165, 1.54) is 11.0 Å². The Labute approximate surface area is 145 Å². The monoisotopic (exact) mass is 340 g/mol. The number of nitrogens with zero attached hydrogens (tertiary/aromatic N) is 2. The summed E-state index contributed by atoms with van der Waals surface area (Å²) < 4.78 is 5.33. The molecule has 2 aliphatic rings. The maximum absolute atomic E-state index is 12.8. The van der Waals surface area contributed by atoms with Gasteiger partial charge in [-0.1, -0.05) is 12.1 Å². The fraction of sp³-hybridized carbons (Fsp3) is 0.368. The highest BCUT2D eigenvalue weighted by Gasteiger charge is 2.32. The first kappa shape index (κ1) is 16.1. The van der Waals surface area contributed by atoms with Crippen molar-refractivity contribution in [2.75, 3.05) is 39.4 Å². The van der Waals surface area contributed by atoms with Crippen molar-refractivity contribution < 1.29 is 19.4 Å². The first-order valence-electron chi connectivity index (χ1n) is 8.57. The van der Waals surface area contributed by atoms with Gasteiger partial charge in [0.05, 0.1) is 18.8 Å². The summed E-state index contributed by atoms with van der Waals surface area (Å²) in [5.41, 5.74) is 0.926. The number of carbonyl (C=O) groups excluding carboxylic acids is 2. The van der Waals surface area contributed by atoms with Gasteiger partial charge in [0.15, 0.2) is 0 Å². The second kappa shape index (κ2) is 6.46. The Bertz CT molecular complexity index is 843. The second-order valence-corrected chi connectivity index (χ2v) is 6.47. The van der Waals surface area contributed by atoms with Gasteiger partial charge in [-0.25, -0.2) is 0 Å². The largest absolute Gasteiger partial charge is 0.508 e. The Kier molecular flexibility index (Phi) is 4.15. The number of carbonyl (C=O) groups is 2. The lowest BCUT2D eigenvalue weighted by molar-refractivity contribution is 0.0352. The van der Waals surface area contributed by atoms with Crippen LogP contribution in [0.15, 0.2) is 30.3 Å². The number of phenolic OH excluding ortho intramolecular Hbond substituents is 1. The summed E-state index contributed by atoms with van der Waals surface area (Å²) >= 11 is 0. The molecule has 130 valence electrons. The predicted octanol–water partition coefficient (Wildman–Crippen LogP) is 1.86. The third-order valence-corrected chi connectivity index (χ3v) is 4.87. The van der Waals surface area contributed by atoms with Crippen LogP contribution in [0.25, 0.3) is 10.8 Å². The van der Waals surface area contributed by atoms with Crippen LogP contribution in [0.2, 0.25) is 0 Å². The van der Waals surface area contributed by atoms with E-state index in [0.717, 1.165) is 39.3 Å². The van der Waals surface area contributed by atoms with E-state index in [1.54, 1.807) is 24.3 Å². The fourth-order valence-electron chi connectivity index (χ4n) is 3.62. The lowest BCUT2D eigenvalue weighted by Crippen LogP contribution is -2.43. The number of phenols is 1. The van der Waals surface area contributed by atoms with Crippen LogP contribution in [0.4, 0.5) is 0 Å². The summed E-state index contributed by atoms with van der Waals surface area (Å²) in [4.78, 5) is 29.2. The molecule has 0 spiro atoms. The summed E-state index contributed by atoms with van der Waals surface area (Å²) in [5, 5.41) is 11.2. The molecule has 1 saturated heterocycles. The van der Waals surface area contributed by atoms with Gasteiger partial charge in [-0.3, -0.25) is 19.4 Å². The highest BCUT2D eigenvalue weighted by atomic mass is 16.5. The SMILES string of the molecule is O=C1c2cccc3cc(O)cc(c23)C(=O)N1CCCN1CCOCC1. The molecule has 2 heterocycles. The molecule has 0 aromatic heterocycles. The van der Waals surface area contributed by atoms with Crippen LogP contribution in [0.3, 0.4) is 0 Å². The van der Waals surface area contributed by atoms with E-state index < -0.39 is 0 Å². The first-order chi connectivity index (χ1) is 12.1. The zero-order valence-electron chi connectivity index (χ0n) is 13.9. The summed E-state index contributed by atoms with van der Waals surface area (Å²) in [6, 6.07) is 8.36. The lowest BCUT2D eigenvalue weighted by Gasteiger charge is -2.30. The number of rotatable bonds is 4. The first-order valence-corrected chi connectivity index (χ1v) is 8.57. The third-order valence-electron chi connectivity index (χ3n) is 4.87. The molecule has 2 aromatic carbocycles. The molecule has 0 radical (unpaired) electrons. The molecule has 0 unspecified atom stereocenters. The zero-order chi connectivity index (χ0) is 17.4. The summed E-state index contributed by atoms with van der Waals surface area (Å²) in [6.45, 7) is 4.44. The molecule has 1 fully saturated rings. The van der Waals surface area contributed by atoms with Gasteiger partial charge in [-0.15, -0.1) is 0 Å². The van der Waals surface area contributed by atoms with Gasteiger partial charge >= 0.3 is 0 Å². The number of benzene rings is 2. The number of ether oxygens (including phenoxy) is 1. The fourth-order valence-corrected chi connectivity index (χ4v) is 3.62. The van der Waals surface area contributed by atoms with Crippen LogP contribution in [0.5, 0.6) is 5.75 Å². The molecule has 6 nitrogen and oxygen atoms in total. The zero-order valence-corrected chi connectivity index (χ0v) is 13.9. The summed E-state index contributed by atoms with van der Waals surface area (Å²) in [6.07, 6.45) is 0.724. The summed E-state index contributed by atoms with van der Waals surface area (Å²) in [5.74, 6) is -0.544. The van der Waals surface area contributed by atoms with Gasteiger partial charge in [-0.2, -0.15) is 0 Å². The van der Waals surface area contributed by atoms with Crippen LogP contribution >= 0.6 is 0 Å². The second-order valence-electron chi connectivity index (χ2n) is 6.47. The highest BCUT2D eigenvalue weighted by molar-refractivity contribution is 6.25. The normalized spacial score (nSPS) is 18.2. The molecule has 2 aromatic rings. The van der Waals surface area contributed by atoms with E-state index in [1.807, 2.05) is 0 Å². The van der Waals surface area contributed by atoms with Gasteiger partial charge in [0.25, 0.3) is 11.8 Å². The maximum Gasteiger partial charge on any atom is 0.261 e. The predicted molar refractivity (Wildman–Crippen MR) is 92.9 cm³/mol. The van der Waals surface area contributed by atoms with Crippen molar-refractivity contribution in [2.45, 2.75) is 6.42 Å². The van der Waals surface area contributed by atoms with Crippen molar-refractivity contribution in [3.05, 3.63) is 41.5 Å². The number of hydrogen-bond acceptors (Lipinski definition) is 5. The Morgan fingerprint density at radius 2 is 1.76 bits per heavy atom. The van der Waals surface area contributed by atoms with Crippen molar-refractivity contribution >= 4 is 22.6 Å². The standard InChI is InChI=1S/C19H20N2O4/c22-14-11-13-3-1-4-15-17(13)16(12-14)19(24)21(18(15)23)6-2-5-20-7-9-25-10-8-20/h1,3-4,11-12,22H,2,5-10H2. The van der Waals surface area contributed by atoms with Gasteiger partial charge in [0.2, 0.25) is 0 Å². The minimum absolute atomic E-state index is 0.0376. The Morgan fingerprint density at radius 1 is 1.00 bits per heavy atom. The smallest absolute Gasteiger partial charge is 0.261 e. The molecule has 6 heteroatoms. The van der Waals surface area contributed by atoms with Gasteiger partial charge < -0.3 is 9.84 Å². The van der Waals surface area contributed by atoms with Crippen molar-refractivity contribution in [1.29, 1.82) is 0 Å². The number of morpholine rings is 1. The van der Waals surface area contributed by atoms with E-state index in [9.17, 15) is 14.7 Å². The Balaban J connectivity index is 1.57. The molecule has 2 amide bonds. The Hall–Kier alpha value is -2.44. The molecule has 25 heavy (non-hydrogen) atoms. The molecule has 0 aliphatic carbocycles. The molecule has 0 atom stereocenters. The molecular weight excluding hydrogens is 320 g/mol. The Morgan fingerprint density at radius 3 is 2.56 bits per heavy atom. The van der Waals surface area contributed by atoms with E-state index in [4.69, 9.17) is 4.74 Å². The van der Waals surface area contributed by atoms with Gasteiger partial charge in [0.1, 0.15) is 5.75 Å². The number of hydrogen-bond donors (Lipinski definition) is 1. The number of amides is 2. The molecule has 0 bridgehead atoms. The van der Waals surface area contributed by atoms with Crippen molar-refractivity contribution in [1.82, 2.24) is 9.80 Å². The van der Waals surface area contributed by atoms with Crippen LogP contribution in [-0.2, 0) is 4.74 Å².